The molecule has 0 unspecified atom stereocenters. The van der Waals surface area contributed by atoms with E-state index >= 15 is 0 Å². The summed E-state index contributed by atoms with van der Waals surface area (Å²) in [7, 11) is 0. The number of hydrogen-bond donors (Lipinski definition) is 1. The van der Waals surface area contributed by atoms with E-state index in [1.54, 1.807) is 0 Å². The summed E-state index contributed by atoms with van der Waals surface area (Å²) < 4.78 is 5.66. The van der Waals surface area contributed by atoms with Crippen LogP contribution in [0.4, 0.5) is 0 Å². The highest BCUT2D eigenvalue weighted by Crippen LogP contribution is 2.15. The fourth-order valence-electron chi connectivity index (χ4n) is 1.87. The van der Waals surface area contributed by atoms with Gasteiger partial charge in [-0.05, 0) is 35.9 Å². The molecule has 0 saturated carbocycles. The Kier molecular flexibility index (Phi) is 6.57. The molecule has 0 aliphatic carbocycles. The van der Waals surface area contributed by atoms with Crippen molar-refractivity contribution in [3.63, 3.8) is 0 Å². The van der Waals surface area contributed by atoms with Gasteiger partial charge in [-0.1, -0.05) is 48.6 Å². The van der Waals surface area contributed by atoms with Gasteiger partial charge >= 0.3 is 0 Å². The number of ether oxygens (including phenoxy) is 1. The van der Waals surface area contributed by atoms with Crippen LogP contribution in [0, 0.1) is 0 Å². The lowest BCUT2D eigenvalue weighted by Crippen LogP contribution is -2.09. The van der Waals surface area contributed by atoms with Crippen molar-refractivity contribution < 1.29 is 4.74 Å². The quantitative estimate of drug-likeness (QED) is 0.589. The number of hydrogen-bond acceptors (Lipinski definition) is 3. The first-order valence-electron chi connectivity index (χ1n) is 6.90. The first kappa shape index (κ1) is 15.9. The molecule has 0 radical (unpaired) electrons. The Morgan fingerprint density at radius 3 is 2.67 bits per heavy atom. The smallest absolute Gasteiger partial charge is 0.119 e. The molecule has 2 N–H and O–H groups in total. The molecule has 0 fully saturated rings. The highest BCUT2D eigenvalue weighted by Gasteiger charge is 1.99. The molecule has 2 nitrogen and oxygen atoms in total. The molecule has 2 rings (SSSR count). The molecule has 4 heteroatoms. The number of thiocarbonyl (C=S) groups is 1. The summed E-state index contributed by atoms with van der Waals surface area (Å²) in [6.45, 7) is 0.754. The predicted octanol–water partition coefficient (Wildman–Crippen LogP) is 4.02. The molecule has 0 aliphatic heterocycles. The van der Waals surface area contributed by atoms with E-state index in [1.165, 1.54) is 5.56 Å². The molecule has 110 valence electrons. The van der Waals surface area contributed by atoms with Crippen LogP contribution in [0.5, 0.6) is 5.75 Å². The first-order valence-corrected chi connectivity index (χ1v) is 8.46. The van der Waals surface area contributed by atoms with Gasteiger partial charge in [-0.3, -0.25) is 0 Å². The van der Waals surface area contributed by atoms with Crippen LogP contribution in [-0.2, 0) is 5.75 Å². The van der Waals surface area contributed by atoms with Gasteiger partial charge in [0.05, 0.1) is 6.61 Å². The minimum Gasteiger partial charge on any atom is -0.494 e. The fraction of sp³-hybridized carbons (Fsp3) is 0.235. The van der Waals surface area contributed by atoms with Crippen molar-refractivity contribution >= 4 is 29.0 Å². The molecule has 0 aliphatic rings. The Morgan fingerprint density at radius 2 is 1.90 bits per heavy atom. The summed E-state index contributed by atoms with van der Waals surface area (Å²) in [5, 5.41) is 0. The molecule has 0 heterocycles. The molecule has 2 aromatic rings. The Morgan fingerprint density at radius 1 is 1.10 bits per heavy atom. The molecule has 21 heavy (non-hydrogen) atoms. The Balaban J connectivity index is 1.64. The van der Waals surface area contributed by atoms with Gasteiger partial charge < -0.3 is 10.5 Å². The zero-order valence-electron chi connectivity index (χ0n) is 11.8. The van der Waals surface area contributed by atoms with E-state index in [1.807, 2.05) is 54.2 Å². The van der Waals surface area contributed by atoms with Crippen molar-refractivity contribution in [1.29, 1.82) is 0 Å². The van der Waals surface area contributed by atoms with Crippen LogP contribution in [0.1, 0.15) is 17.5 Å². The zero-order valence-corrected chi connectivity index (χ0v) is 13.5. The third-order valence-corrected chi connectivity index (χ3v) is 4.28. The second-order valence-corrected chi connectivity index (χ2v) is 6.18. The molecule has 2 aromatic carbocycles. The van der Waals surface area contributed by atoms with Crippen molar-refractivity contribution in [2.45, 2.75) is 12.2 Å². The van der Waals surface area contributed by atoms with E-state index in [-0.39, 0.29) is 0 Å². The summed E-state index contributed by atoms with van der Waals surface area (Å²) >= 11 is 6.89. The van der Waals surface area contributed by atoms with Crippen LogP contribution in [0.3, 0.4) is 0 Å². The van der Waals surface area contributed by atoms with Crippen molar-refractivity contribution in [3.8, 4) is 5.75 Å². The Bertz CT molecular complexity index is 572. The Labute approximate surface area is 135 Å². The highest BCUT2D eigenvalue weighted by atomic mass is 32.2. The number of rotatable bonds is 8. The van der Waals surface area contributed by atoms with Gasteiger partial charge in [0.15, 0.2) is 0 Å². The largest absolute Gasteiger partial charge is 0.494 e. The topological polar surface area (TPSA) is 35.2 Å². The predicted molar refractivity (Wildman–Crippen MR) is 95.0 cm³/mol. The third-order valence-electron chi connectivity index (χ3n) is 2.93. The molecular formula is C17H19NOS2. The number of thioether (sulfide) groups is 1. The molecule has 0 saturated heterocycles. The number of para-hydroxylation sites is 1. The molecule has 0 spiro atoms. The van der Waals surface area contributed by atoms with E-state index in [0.717, 1.165) is 35.8 Å². The third kappa shape index (κ3) is 5.78. The summed E-state index contributed by atoms with van der Waals surface area (Å²) in [6, 6.07) is 18.0. The zero-order chi connectivity index (χ0) is 14.9. The van der Waals surface area contributed by atoms with E-state index in [2.05, 4.69) is 12.1 Å². The molecule has 0 atom stereocenters. The van der Waals surface area contributed by atoms with Gasteiger partial charge in [-0.15, -0.1) is 0 Å². The highest BCUT2D eigenvalue weighted by molar-refractivity contribution is 7.98. The van der Waals surface area contributed by atoms with Gasteiger partial charge in [0.2, 0.25) is 0 Å². The number of benzene rings is 2. The molecule has 0 amide bonds. The van der Waals surface area contributed by atoms with Crippen LogP contribution in [-0.4, -0.2) is 17.3 Å². The van der Waals surface area contributed by atoms with Crippen LogP contribution in [0.2, 0.25) is 0 Å². The fourth-order valence-corrected chi connectivity index (χ4v) is 2.88. The summed E-state index contributed by atoms with van der Waals surface area (Å²) in [5.41, 5.74) is 7.84. The van der Waals surface area contributed by atoms with E-state index in [4.69, 9.17) is 22.7 Å². The van der Waals surface area contributed by atoms with Crippen molar-refractivity contribution in [2.75, 3.05) is 12.4 Å². The maximum atomic E-state index is 5.66. The monoisotopic (exact) mass is 317 g/mol. The van der Waals surface area contributed by atoms with Gasteiger partial charge in [0, 0.05) is 11.3 Å². The molecular weight excluding hydrogens is 298 g/mol. The van der Waals surface area contributed by atoms with Gasteiger partial charge in [0.1, 0.15) is 10.7 Å². The summed E-state index contributed by atoms with van der Waals surface area (Å²) in [5.74, 6) is 2.98. The second-order valence-electron chi connectivity index (χ2n) is 4.63. The second kappa shape index (κ2) is 8.70. The average molecular weight is 317 g/mol. The standard InChI is InChI=1S/C17H19NOS2/c18-17(20)15-7-4-6-14(12-15)13-21-11-5-10-19-16-8-2-1-3-9-16/h1-4,6-9,12H,5,10-11,13H2,(H2,18,20). The van der Waals surface area contributed by atoms with Crippen LogP contribution < -0.4 is 10.5 Å². The maximum Gasteiger partial charge on any atom is 0.119 e. The normalized spacial score (nSPS) is 10.3. The van der Waals surface area contributed by atoms with Crippen LogP contribution in [0.25, 0.3) is 0 Å². The van der Waals surface area contributed by atoms with E-state index in [0.29, 0.717) is 4.99 Å². The van der Waals surface area contributed by atoms with Gasteiger partial charge in [-0.25, -0.2) is 0 Å². The molecule has 0 aromatic heterocycles. The van der Waals surface area contributed by atoms with E-state index < -0.39 is 0 Å². The van der Waals surface area contributed by atoms with E-state index in [9.17, 15) is 0 Å². The average Bonchev–Trinajstić information content (AvgIpc) is 2.52. The SMILES string of the molecule is NC(=S)c1cccc(CSCCCOc2ccccc2)c1. The minimum atomic E-state index is 0.457. The summed E-state index contributed by atoms with van der Waals surface area (Å²) in [4.78, 5) is 0.457. The Hall–Kier alpha value is -1.52. The van der Waals surface area contributed by atoms with Crippen molar-refractivity contribution in [1.82, 2.24) is 0 Å². The molecule has 0 bridgehead atoms. The summed E-state index contributed by atoms with van der Waals surface area (Å²) in [6.07, 6.45) is 1.04. The van der Waals surface area contributed by atoms with Crippen molar-refractivity contribution in [2.24, 2.45) is 5.73 Å². The first-order chi connectivity index (χ1) is 10.3. The lowest BCUT2D eigenvalue weighted by Gasteiger charge is -2.06. The van der Waals surface area contributed by atoms with Crippen LogP contribution >= 0.6 is 24.0 Å². The van der Waals surface area contributed by atoms with Gasteiger partial charge in [-0.2, -0.15) is 11.8 Å². The van der Waals surface area contributed by atoms with Crippen molar-refractivity contribution in [3.05, 3.63) is 65.7 Å². The number of nitrogens with two attached hydrogens (primary N) is 1. The van der Waals surface area contributed by atoms with Crippen LogP contribution in [0.15, 0.2) is 54.6 Å². The lowest BCUT2D eigenvalue weighted by atomic mass is 10.1. The van der Waals surface area contributed by atoms with Gasteiger partial charge in [0.25, 0.3) is 0 Å². The lowest BCUT2D eigenvalue weighted by molar-refractivity contribution is 0.318. The maximum absolute atomic E-state index is 5.66. The minimum absolute atomic E-state index is 0.457.